The number of para-hydroxylation sites is 1. The number of nitrogens with two attached hydrogens (primary N) is 1. The Morgan fingerprint density at radius 3 is 2.40 bits per heavy atom. The second-order valence-electron chi connectivity index (χ2n) is 4.11. The van der Waals surface area contributed by atoms with Gasteiger partial charge in [-0.3, -0.25) is 0 Å². The van der Waals surface area contributed by atoms with Gasteiger partial charge in [-0.05, 0) is 30.3 Å². The summed E-state index contributed by atoms with van der Waals surface area (Å²) in [6, 6.07) is 12.4. The Labute approximate surface area is 125 Å². The first kappa shape index (κ1) is 13.0. The molecule has 100 valence electrons. The molecule has 1 aromatic heterocycles. The molecule has 4 nitrogen and oxygen atoms in total. The zero-order chi connectivity index (χ0) is 14.1. The molecule has 0 aliphatic heterocycles. The number of anilines is 1. The van der Waals surface area contributed by atoms with Crippen LogP contribution >= 0.6 is 23.2 Å². The molecule has 0 saturated carbocycles. The van der Waals surface area contributed by atoms with Crippen LogP contribution in [0.1, 0.15) is 0 Å². The first-order valence-electron chi connectivity index (χ1n) is 5.78. The Bertz CT molecular complexity index is 772. The highest BCUT2D eigenvalue weighted by molar-refractivity contribution is 6.34. The fraction of sp³-hybridized carbons (Fsp3) is 0. The largest absolute Gasteiger partial charge is 0.438 e. The molecule has 3 aromatic rings. The summed E-state index contributed by atoms with van der Waals surface area (Å²) in [5.41, 5.74) is 6.40. The van der Waals surface area contributed by atoms with E-state index in [4.69, 9.17) is 33.7 Å². The normalized spacial score (nSPS) is 10.7. The highest BCUT2D eigenvalue weighted by Crippen LogP contribution is 2.31. The quantitative estimate of drug-likeness (QED) is 0.766. The van der Waals surface area contributed by atoms with E-state index >= 15 is 0 Å². The van der Waals surface area contributed by atoms with Crippen LogP contribution < -0.4 is 10.5 Å². The molecule has 3 rings (SSSR count). The summed E-state index contributed by atoms with van der Waals surface area (Å²) >= 11 is 11.9. The predicted molar refractivity (Wildman–Crippen MR) is 80.5 cm³/mol. The van der Waals surface area contributed by atoms with Crippen LogP contribution in [0.15, 0.2) is 42.5 Å². The minimum absolute atomic E-state index is 0.145. The van der Waals surface area contributed by atoms with E-state index in [-0.39, 0.29) is 5.95 Å². The number of rotatable bonds is 2. The molecule has 1 heterocycles. The highest BCUT2D eigenvalue weighted by atomic mass is 35.5. The molecule has 0 spiro atoms. The summed E-state index contributed by atoms with van der Waals surface area (Å²) < 4.78 is 5.73. The maximum Gasteiger partial charge on any atom is 0.231 e. The van der Waals surface area contributed by atoms with Gasteiger partial charge in [0, 0.05) is 10.0 Å². The van der Waals surface area contributed by atoms with E-state index in [0.29, 0.717) is 27.2 Å². The number of nitrogens with zero attached hydrogens (tertiary/aromatic N) is 2. The fourth-order valence-electron chi connectivity index (χ4n) is 1.84. The van der Waals surface area contributed by atoms with Gasteiger partial charge >= 0.3 is 0 Å². The van der Waals surface area contributed by atoms with Crippen molar-refractivity contribution in [3.8, 4) is 11.6 Å². The number of nitrogen functional groups attached to an aromatic ring is 1. The maximum absolute atomic E-state index is 5.94. The van der Waals surface area contributed by atoms with Crippen molar-refractivity contribution >= 4 is 40.1 Å². The minimum atomic E-state index is 0.145. The van der Waals surface area contributed by atoms with Gasteiger partial charge in [0.2, 0.25) is 11.8 Å². The van der Waals surface area contributed by atoms with E-state index in [1.54, 1.807) is 18.2 Å². The van der Waals surface area contributed by atoms with Gasteiger partial charge in [0.05, 0.1) is 10.9 Å². The fourth-order valence-corrected chi connectivity index (χ4v) is 2.35. The Morgan fingerprint density at radius 2 is 1.65 bits per heavy atom. The van der Waals surface area contributed by atoms with E-state index in [2.05, 4.69) is 9.97 Å². The van der Waals surface area contributed by atoms with E-state index in [0.717, 1.165) is 5.39 Å². The molecule has 0 aliphatic carbocycles. The maximum atomic E-state index is 5.94. The zero-order valence-electron chi connectivity index (χ0n) is 10.2. The van der Waals surface area contributed by atoms with Gasteiger partial charge in [-0.25, -0.2) is 4.98 Å². The van der Waals surface area contributed by atoms with E-state index in [1.807, 2.05) is 24.3 Å². The van der Waals surface area contributed by atoms with Gasteiger partial charge < -0.3 is 10.5 Å². The molecular formula is C14H9Cl2N3O. The molecule has 0 bridgehead atoms. The van der Waals surface area contributed by atoms with E-state index in [9.17, 15) is 0 Å². The van der Waals surface area contributed by atoms with Crippen LogP contribution in [0.2, 0.25) is 10.0 Å². The molecule has 20 heavy (non-hydrogen) atoms. The van der Waals surface area contributed by atoms with Crippen molar-refractivity contribution in [3.05, 3.63) is 52.5 Å². The lowest BCUT2D eigenvalue weighted by Gasteiger charge is -2.09. The molecule has 0 unspecified atom stereocenters. The van der Waals surface area contributed by atoms with Crippen molar-refractivity contribution in [2.75, 3.05) is 5.73 Å². The van der Waals surface area contributed by atoms with Gasteiger partial charge in [-0.1, -0.05) is 35.3 Å². The van der Waals surface area contributed by atoms with Gasteiger partial charge in [0.15, 0.2) is 0 Å². The van der Waals surface area contributed by atoms with Crippen LogP contribution in [-0.2, 0) is 0 Å². The SMILES string of the molecule is Nc1nc(Oc2cc(Cl)cc(Cl)c2)c2ccccc2n1. The lowest BCUT2D eigenvalue weighted by atomic mass is 10.2. The monoisotopic (exact) mass is 305 g/mol. The van der Waals surface area contributed by atoms with Crippen LogP contribution in [0.25, 0.3) is 10.9 Å². The lowest BCUT2D eigenvalue weighted by Crippen LogP contribution is -1.98. The van der Waals surface area contributed by atoms with Crippen molar-refractivity contribution < 1.29 is 4.74 Å². The summed E-state index contributed by atoms with van der Waals surface area (Å²) in [6.07, 6.45) is 0. The zero-order valence-corrected chi connectivity index (χ0v) is 11.7. The molecule has 0 saturated heterocycles. The molecule has 0 radical (unpaired) electrons. The number of hydrogen-bond acceptors (Lipinski definition) is 4. The van der Waals surface area contributed by atoms with E-state index < -0.39 is 0 Å². The Morgan fingerprint density at radius 1 is 0.950 bits per heavy atom. The lowest BCUT2D eigenvalue weighted by molar-refractivity contribution is 0.469. The molecule has 6 heteroatoms. The van der Waals surface area contributed by atoms with Crippen LogP contribution in [0.5, 0.6) is 11.6 Å². The van der Waals surface area contributed by atoms with Gasteiger partial charge in [-0.2, -0.15) is 4.98 Å². The first-order chi connectivity index (χ1) is 9.61. The predicted octanol–water partition coefficient (Wildman–Crippen LogP) is 4.31. The van der Waals surface area contributed by atoms with Crippen molar-refractivity contribution in [2.24, 2.45) is 0 Å². The van der Waals surface area contributed by atoms with Crippen LogP contribution in [-0.4, -0.2) is 9.97 Å². The van der Waals surface area contributed by atoms with Gasteiger partial charge in [-0.15, -0.1) is 0 Å². The highest BCUT2D eigenvalue weighted by Gasteiger charge is 2.09. The number of halogens is 2. The van der Waals surface area contributed by atoms with Crippen LogP contribution in [0.4, 0.5) is 5.95 Å². The van der Waals surface area contributed by atoms with Crippen molar-refractivity contribution in [2.45, 2.75) is 0 Å². The van der Waals surface area contributed by atoms with Gasteiger partial charge in [0.25, 0.3) is 0 Å². The molecule has 0 aliphatic rings. The molecule has 0 amide bonds. The summed E-state index contributed by atoms with van der Waals surface area (Å²) in [5, 5.41) is 1.73. The minimum Gasteiger partial charge on any atom is -0.438 e. The molecule has 0 fully saturated rings. The topological polar surface area (TPSA) is 61.0 Å². The second-order valence-corrected chi connectivity index (χ2v) is 4.98. The third-order valence-electron chi connectivity index (χ3n) is 2.64. The standard InChI is InChI=1S/C14H9Cl2N3O/c15-8-5-9(16)7-10(6-8)20-13-11-3-1-2-4-12(11)18-14(17)19-13/h1-7H,(H2,17,18,19). The average Bonchev–Trinajstić information content (AvgIpc) is 2.37. The average molecular weight is 306 g/mol. The smallest absolute Gasteiger partial charge is 0.231 e. The summed E-state index contributed by atoms with van der Waals surface area (Å²) in [6.45, 7) is 0. The summed E-state index contributed by atoms with van der Waals surface area (Å²) in [4.78, 5) is 8.26. The number of aromatic nitrogens is 2. The third kappa shape index (κ3) is 2.61. The van der Waals surface area contributed by atoms with Crippen molar-refractivity contribution in [3.63, 3.8) is 0 Å². The van der Waals surface area contributed by atoms with Crippen LogP contribution in [0, 0.1) is 0 Å². The molecule has 2 aromatic carbocycles. The van der Waals surface area contributed by atoms with E-state index in [1.165, 1.54) is 0 Å². The Kier molecular flexibility index (Phi) is 3.34. The third-order valence-corrected chi connectivity index (χ3v) is 3.07. The summed E-state index contributed by atoms with van der Waals surface area (Å²) in [5.74, 6) is 1.00. The molecule has 0 atom stereocenters. The number of hydrogen-bond donors (Lipinski definition) is 1. The van der Waals surface area contributed by atoms with Gasteiger partial charge in [0.1, 0.15) is 5.75 Å². The van der Waals surface area contributed by atoms with Crippen molar-refractivity contribution in [1.29, 1.82) is 0 Å². The first-order valence-corrected chi connectivity index (χ1v) is 6.53. The summed E-state index contributed by atoms with van der Waals surface area (Å²) in [7, 11) is 0. The molecule has 2 N–H and O–H groups in total. The molecular weight excluding hydrogens is 297 g/mol. The number of benzene rings is 2. The number of fused-ring (bicyclic) bond motifs is 1. The number of ether oxygens (including phenoxy) is 1. The second kappa shape index (κ2) is 5.15. The Hall–Kier alpha value is -2.04. The van der Waals surface area contributed by atoms with Crippen molar-refractivity contribution in [1.82, 2.24) is 9.97 Å². The van der Waals surface area contributed by atoms with Crippen LogP contribution in [0.3, 0.4) is 0 Å². The Balaban J connectivity index is 2.10.